The molecule has 10 heteroatoms. The van der Waals surface area contributed by atoms with Crippen molar-refractivity contribution >= 4 is 11.9 Å². The Morgan fingerprint density at radius 1 is 1.13 bits per heavy atom. The molecule has 1 aromatic rings. The molecule has 3 aliphatic heterocycles. The van der Waals surface area contributed by atoms with Crippen molar-refractivity contribution in [2.45, 2.75) is 81.7 Å². The van der Waals surface area contributed by atoms with Gasteiger partial charge in [0.1, 0.15) is 5.54 Å². The Balaban J connectivity index is 1.05. The Hall–Kier alpha value is -1.84. The first-order chi connectivity index (χ1) is 14.8. The molecule has 170 valence electrons. The number of rotatable bonds is 4. The van der Waals surface area contributed by atoms with Gasteiger partial charge in [0.2, 0.25) is 5.91 Å². The number of fused-ring (bicyclic) bond motifs is 3. The van der Waals surface area contributed by atoms with Crippen molar-refractivity contribution in [2.24, 2.45) is 17.8 Å². The second-order valence-electron chi connectivity index (χ2n) is 10.3. The molecule has 4 heterocycles. The Bertz CT molecular complexity index is 859. The standard InChI is InChI=1S/C21H28F3N5O2/c1-11-25-19(31-27-11)29-12-3-4-13(29)8-14(7-12)28-9-15-16(10-28)17(15)18(30)26-20(5-2-6-20)21(22,23)24/h12-17H,2-10H2,1H3,(H,26,30). The zero-order valence-corrected chi connectivity index (χ0v) is 17.6. The van der Waals surface area contributed by atoms with Crippen molar-refractivity contribution in [1.29, 1.82) is 0 Å². The second-order valence-corrected chi connectivity index (χ2v) is 10.3. The number of carbonyl (C=O) groups is 1. The lowest BCUT2D eigenvalue weighted by molar-refractivity contribution is -0.219. The van der Waals surface area contributed by atoms with Crippen LogP contribution in [-0.4, -0.2) is 63.9 Å². The molecule has 0 aromatic carbocycles. The molecule has 4 atom stereocenters. The number of hydrogen-bond donors (Lipinski definition) is 1. The highest BCUT2D eigenvalue weighted by atomic mass is 19.4. The van der Waals surface area contributed by atoms with Crippen LogP contribution < -0.4 is 10.2 Å². The van der Waals surface area contributed by atoms with E-state index >= 15 is 0 Å². The maximum absolute atomic E-state index is 13.4. The van der Waals surface area contributed by atoms with E-state index in [2.05, 4.69) is 25.3 Å². The maximum Gasteiger partial charge on any atom is 0.411 e. The molecule has 5 fully saturated rings. The molecular weight excluding hydrogens is 411 g/mol. The quantitative estimate of drug-likeness (QED) is 0.778. The molecule has 2 bridgehead atoms. The van der Waals surface area contributed by atoms with Gasteiger partial charge in [0.05, 0.1) is 0 Å². The molecule has 1 amide bonds. The molecule has 31 heavy (non-hydrogen) atoms. The third-order valence-electron chi connectivity index (χ3n) is 8.60. The van der Waals surface area contributed by atoms with Crippen molar-refractivity contribution in [1.82, 2.24) is 20.4 Å². The molecule has 7 nitrogen and oxygen atoms in total. The fraction of sp³-hybridized carbons (Fsp3) is 0.857. The van der Waals surface area contributed by atoms with E-state index in [1.165, 1.54) is 0 Å². The van der Waals surface area contributed by atoms with Crippen LogP contribution in [0.5, 0.6) is 0 Å². The van der Waals surface area contributed by atoms with Gasteiger partial charge in [0.25, 0.3) is 0 Å². The van der Waals surface area contributed by atoms with Gasteiger partial charge in [0.15, 0.2) is 5.82 Å². The summed E-state index contributed by atoms with van der Waals surface area (Å²) < 4.78 is 45.6. The zero-order valence-electron chi connectivity index (χ0n) is 17.6. The first-order valence-electron chi connectivity index (χ1n) is 11.5. The number of carbonyl (C=O) groups excluding carboxylic acids is 1. The summed E-state index contributed by atoms with van der Waals surface area (Å²) in [7, 11) is 0. The molecule has 3 saturated heterocycles. The first-order valence-corrected chi connectivity index (χ1v) is 11.5. The normalized spacial score (nSPS) is 38.6. The van der Waals surface area contributed by atoms with Crippen molar-refractivity contribution < 1.29 is 22.5 Å². The molecule has 1 aromatic heterocycles. The van der Waals surface area contributed by atoms with Gasteiger partial charge in [-0.3, -0.25) is 9.69 Å². The number of anilines is 1. The van der Waals surface area contributed by atoms with E-state index < -0.39 is 11.7 Å². The Labute approximate surface area is 178 Å². The average Bonchev–Trinajstić information content (AvgIpc) is 2.98. The highest BCUT2D eigenvalue weighted by Crippen LogP contribution is 2.55. The number of piperidine rings is 2. The van der Waals surface area contributed by atoms with Gasteiger partial charge in [-0.05, 0) is 63.7 Å². The van der Waals surface area contributed by atoms with Crippen LogP contribution in [-0.2, 0) is 4.79 Å². The molecule has 6 rings (SSSR count). The highest BCUT2D eigenvalue weighted by Gasteiger charge is 2.64. The van der Waals surface area contributed by atoms with Gasteiger partial charge in [-0.25, -0.2) is 0 Å². The van der Waals surface area contributed by atoms with Gasteiger partial charge < -0.3 is 14.7 Å². The SMILES string of the molecule is Cc1noc(N2C3CCC2CC(N2CC4C(C2)C4C(=O)NC2(C(F)(F)F)CCC2)C3)n1. The molecule has 1 N–H and O–H groups in total. The second kappa shape index (κ2) is 6.59. The lowest BCUT2D eigenvalue weighted by atomic mass is 9.76. The van der Waals surface area contributed by atoms with E-state index in [-0.39, 0.29) is 36.5 Å². The predicted octanol–water partition coefficient (Wildman–Crippen LogP) is 2.66. The Kier molecular flexibility index (Phi) is 4.21. The topological polar surface area (TPSA) is 74.5 Å². The minimum atomic E-state index is -4.36. The number of likely N-dealkylation sites (tertiary alicyclic amines) is 1. The van der Waals surface area contributed by atoms with E-state index in [0.717, 1.165) is 38.8 Å². The monoisotopic (exact) mass is 439 g/mol. The van der Waals surface area contributed by atoms with Crippen LogP contribution in [0, 0.1) is 24.7 Å². The van der Waals surface area contributed by atoms with Crippen LogP contribution in [0.2, 0.25) is 0 Å². The molecular formula is C21H28F3N5O2. The van der Waals surface area contributed by atoms with Crippen molar-refractivity contribution in [3.63, 3.8) is 0 Å². The maximum atomic E-state index is 13.4. The molecule has 4 unspecified atom stereocenters. The lowest BCUT2D eigenvalue weighted by Crippen LogP contribution is -2.63. The fourth-order valence-corrected chi connectivity index (χ4v) is 6.72. The number of alkyl halides is 3. The van der Waals surface area contributed by atoms with Crippen molar-refractivity contribution in [3.8, 4) is 0 Å². The number of hydrogen-bond acceptors (Lipinski definition) is 6. The number of nitrogens with one attached hydrogen (secondary N) is 1. The van der Waals surface area contributed by atoms with E-state index in [1.807, 2.05) is 6.92 Å². The van der Waals surface area contributed by atoms with Gasteiger partial charge in [-0.15, -0.1) is 0 Å². The zero-order chi connectivity index (χ0) is 21.5. The van der Waals surface area contributed by atoms with Crippen LogP contribution in [0.4, 0.5) is 19.2 Å². The molecule has 0 radical (unpaired) electrons. The summed E-state index contributed by atoms with van der Waals surface area (Å²) in [6, 6.07) is 1.87. The van der Waals surface area contributed by atoms with Gasteiger partial charge in [0, 0.05) is 37.1 Å². The summed E-state index contributed by atoms with van der Waals surface area (Å²) in [5.41, 5.74) is -1.97. The summed E-state index contributed by atoms with van der Waals surface area (Å²) in [5, 5.41) is 6.32. The van der Waals surface area contributed by atoms with Gasteiger partial charge in [-0.2, -0.15) is 18.2 Å². The van der Waals surface area contributed by atoms with Crippen molar-refractivity contribution in [2.75, 3.05) is 18.0 Å². The van der Waals surface area contributed by atoms with E-state index in [9.17, 15) is 18.0 Å². The molecule has 2 aliphatic carbocycles. The van der Waals surface area contributed by atoms with Crippen LogP contribution >= 0.6 is 0 Å². The van der Waals surface area contributed by atoms with Gasteiger partial charge >= 0.3 is 12.2 Å². The van der Waals surface area contributed by atoms with E-state index in [0.29, 0.717) is 36.4 Å². The smallest absolute Gasteiger partial charge is 0.342 e. The summed E-state index contributed by atoms with van der Waals surface area (Å²) in [6.07, 6.45) is 0.490. The average molecular weight is 439 g/mol. The van der Waals surface area contributed by atoms with E-state index in [1.54, 1.807) is 0 Å². The lowest BCUT2D eigenvalue weighted by Gasteiger charge is -2.44. The molecule has 5 aliphatic rings. The minimum Gasteiger partial charge on any atom is -0.342 e. The van der Waals surface area contributed by atoms with Crippen LogP contribution in [0.1, 0.15) is 50.8 Å². The third-order valence-corrected chi connectivity index (χ3v) is 8.60. The molecule has 2 saturated carbocycles. The molecule has 0 spiro atoms. The van der Waals surface area contributed by atoms with E-state index in [4.69, 9.17) is 4.52 Å². The summed E-state index contributed by atoms with van der Waals surface area (Å²) in [6.45, 7) is 3.48. The van der Waals surface area contributed by atoms with Gasteiger partial charge in [-0.1, -0.05) is 5.16 Å². The number of halogens is 3. The largest absolute Gasteiger partial charge is 0.411 e. The van der Waals surface area contributed by atoms with Crippen molar-refractivity contribution in [3.05, 3.63) is 5.82 Å². The number of aromatic nitrogens is 2. The highest BCUT2D eigenvalue weighted by molar-refractivity contribution is 5.83. The Morgan fingerprint density at radius 3 is 2.26 bits per heavy atom. The third kappa shape index (κ3) is 3.00. The summed E-state index contributed by atoms with van der Waals surface area (Å²) >= 11 is 0. The number of nitrogens with zero attached hydrogens (tertiary/aromatic N) is 4. The van der Waals surface area contributed by atoms with Crippen LogP contribution in [0.25, 0.3) is 0 Å². The Morgan fingerprint density at radius 2 is 1.77 bits per heavy atom. The van der Waals surface area contributed by atoms with Crippen LogP contribution in [0.15, 0.2) is 4.52 Å². The predicted molar refractivity (Wildman–Crippen MR) is 104 cm³/mol. The fourth-order valence-electron chi connectivity index (χ4n) is 6.72. The minimum absolute atomic E-state index is 0.0112. The number of amides is 1. The summed E-state index contributed by atoms with van der Waals surface area (Å²) in [4.78, 5) is 21.8. The first kappa shape index (κ1) is 19.8. The summed E-state index contributed by atoms with van der Waals surface area (Å²) in [5.74, 6) is 0.441. The van der Waals surface area contributed by atoms with Crippen LogP contribution in [0.3, 0.4) is 0 Å². The number of aryl methyl sites for hydroxylation is 1.